The number of benzene rings is 2. The van der Waals surface area contributed by atoms with Crippen molar-refractivity contribution in [3.05, 3.63) is 66.0 Å². The van der Waals surface area contributed by atoms with Gasteiger partial charge in [0.05, 0.1) is 23.4 Å². The molecule has 3 aromatic rings. The average molecular weight is 377 g/mol. The molecule has 0 aliphatic carbocycles. The summed E-state index contributed by atoms with van der Waals surface area (Å²) in [7, 11) is 1.96. The molecule has 28 heavy (non-hydrogen) atoms. The van der Waals surface area contributed by atoms with Gasteiger partial charge in [-0.05, 0) is 56.1 Å². The summed E-state index contributed by atoms with van der Waals surface area (Å²) in [5, 5.41) is 3.26. The molecule has 0 saturated carbocycles. The number of aryl methyl sites for hydroxylation is 1. The maximum Gasteiger partial charge on any atom is 0.251 e. The van der Waals surface area contributed by atoms with Gasteiger partial charge in [-0.25, -0.2) is 4.98 Å². The van der Waals surface area contributed by atoms with E-state index in [0.29, 0.717) is 5.56 Å². The molecule has 1 unspecified atom stereocenters. The molecule has 1 aliphatic rings. The van der Waals surface area contributed by atoms with Crippen molar-refractivity contribution in [2.75, 3.05) is 19.6 Å². The van der Waals surface area contributed by atoms with Crippen LogP contribution in [-0.4, -0.2) is 40.0 Å². The Balaban J connectivity index is 1.49. The number of aromatic nitrogens is 2. The number of hydrogen-bond acceptors (Lipinski definition) is 3. The number of carbonyl (C=O) groups is 1. The van der Waals surface area contributed by atoms with Crippen molar-refractivity contribution in [2.45, 2.75) is 31.7 Å². The third kappa shape index (κ3) is 4.25. The van der Waals surface area contributed by atoms with E-state index in [1.165, 1.54) is 32.4 Å². The van der Waals surface area contributed by atoms with E-state index < -0.39 is 0 Å². The largest absolute Gasteiger partial charge is 0.345 e. The van der Waals surface area contributed by atoms with Crippen molar-refractivity contribution in [2.24, 2.45) is 7.05 Å². The van der Waals surface area contributed by atoms with Gasteiger partial charge >= 0.3 is 0 Å². The maximum absolute atomic E-state index is 13.0. The van der Waals surface area contributed by atoms with Gasteiger partial charge in [-0.1, -0.05) is 36.8 Å². The van der Waals surface area contributed by atoms with E-state index in [-0.39, 0.29) is 11.9 Å². The lowest BCUT2D eigenvalue weighted by Crippen LogP contribution is -2.35. The van der Waals surface area contributed by atoms with Crippen LogP contribution in [0.5, 0.6) is 0 Å². The van der Waals surface area contributed by atoms with Crippen LogP contribution in [0.15, 0.2) is 54.9 Å². The quantitative estimate of drug-likeness (QED) is 0.709. The van der Waals surface area contributed by atoms with E-state index in [0.717, 1.165) is 29.6 Å². The summed E-state index contributed by atoms with van der Waals surface area (Å²) in [5.74, 6) is -0.0416. The van der Waals surface area contributed by atoms with Crippen LogP contribution < -0.4 is 5.32 Å². The Bertz CT molecular complexity index is 928. The van der Waals surface area contributed by atoms with E-state index in [2.05, 4.69) is 27.3 Å². The van der Waals surface area contributed by atoms with E-state index in [4.69, 9.17) is 0 Å². The number of fused-ring (bicyclic) bond motifs is 1. The minimum absolute atomic E-state index is 0.00931. The molecule has 5 nitrogen and oxygen atoms in total. The lowest BCUT2D eigenvalue weighted by Gasteiger charge is -2.28. The van der Waals surface area contributed by atoms with Gasteiger partial charge in [-0.15, -0.1) is 0 Å². The Morgan fingerprint density at radius 2 is 1.89 bits per heavy atom. The fourth-order valence-electron chi connectivity index (χ4n) is 4.02. The van der Waals surface area contributed by atoms with E-state index in [9.17, 15) is 4.79 Å². The van der Waals surface area contributed by atoms with Crippen molar-refractivity contribution in [3.8, 4) is 0 Å². The molecular weight excluding hydrogens is 348 g/mol. The van der Waals surface area contributed by atoms with Crippen molar-refractivity contribution in [1.82, 2.24) is 19.8 Å². The van der Waals surface area contributed by atoms with Crippen molar-refractivity contribution in [3.63, 3.8) is 0 Å². The number of carbonyl (C=O) groups excluding carboxylic acids is 1. The second kappa shape index (κ2) is 8.57. The summed E-state index contributed by atoms with van der Waals surface area (Å²) in [4.78, 5) is 19.9. The third-order valence-electron chi connectivity index (χ3n) is 5.68. The van der Waals surface area contributed by atoms with Crippen LogP contribution in [0.3, 0.4) is 0 Å². The van der Waals surface area contributed by atoms with Crippen LogP contribution in [0, 0.1) is 0 Å². The maximum atomic E-state index is 13.0. The molecule has 5 heteroatoms. The first-order valence-electron chi connectivity index (χ1n) is 10.2. The molecule has 1 atom stereocenters. The lowest BCUT2D eigenvalue weighted by atomic mass is 10.0. The van der Waals surface area contributed by atoms with Crippen LogP contribution in [0.1, 0.15) is 47.6 Å². The number of amides is 1. The topological polar surface area (TPSA) is 50.2 Å². The second-order valence-corrected chi connectivity index (χ2v) is 7.69. The van der Waals surface area contributed by atoms with Crippen LogP contribution >= 0.6 is 0 Å². The van der Waals surface area contributed by atoms with Crippen LogP contribution in [0.25, 0.3) is 11.0 Å². The Hall–Kier alpha value is -2.66. The van der Waals surface area contributed by atoms with Crippen molar-refractivity contribution in [1.29, 1.82) is 0 Å². The SMILES string of the molecule is Cn1cnc2cc(C(=O)NC(CCN3CCCCC3)c3ccccc3)ccc21. The Labute approximate surface area is 166 Å². The van der Waals surface area contributed by atoms with Gasteiger partial charge in [0.25, 0.3) is 5.91 Å². The molecule has 146 valence electrons. The molecule has 1 amide bonds. The van der Waals surface area contributed by atoms with Gasteiger partial charge < -0.3 is 14.8 Å². The fraction of sp³-hybridized carbons (Fsp3) is 0.391. The standard InChI is InChI=1S/C23H28N4O/c1-26-17-24-21-16-19(10-11-22(21)26)23(28)25-20(18-8-4-2-5-9-18)12-15-27-13-6-3-7-14-27/h2,4-5,8-11,16-17,20H,3,6-7,12-15H2,1H3,(H,25,28). The van der Waals surface area contributed by atoms with Crippen LogP contribution in [0.2, 0.25) is 0 Å². The molecular formula is C23H28N4O. The average Bonchev–Trinajstić information content (AvgIpc) is 3.12. The Morgan fingerprint density at radius 3 is 2.68 bits per heavy atom. The zero-order valence-electron chi connectivity index (χ0n) is 16.5. The Kier molecular flexibility index (Phi) is 5.72. The number of nitrogens with one attached hydrogen (secondary N) is 1. The first-order valence-corrected chi connectivity index (χ1v) is 10.2. The Morgan fingerprint density at radius 1 is 1.11 bits per heavy atom. The van der Waals surface area contributed by atoms with E-state index in [1.54, 1.807) is 6.33 Å². The van der Waals surface area contributed by atoms with Crippen LogP contribution in [-0.2, 0) is 7.05 Å². The fourth-order valence-corrected chi connectivity index (χ4v) is 4.02. The molecule has 1 saturated heterocycles. The molecule has 0 spiro atoms. The zero-order chi connectivity index (χ0) is 19.3. The van der Waals surface area contributed by atoms with E-state index >= 15 is 0 Å². The van der Waals surface area contributed by atoms with Crippen molar-refractivity contribution < 1.29 is 4.79 Å². The van der Waals surface area contributed by atoms with Crippen molar-refractivity contribution >= 4 is 16.9 Å². The monoisotopic (exact) mass is 376 g/mol. The zero-order valence-corrected chi connectivity index (χ0v) is 16.5. The van der Waals surface area contributed by atoms with Gasteiger partial charge in [0.2, 0.25) is 0 Å². The van der Waals surface area contributed by atoms with Gasteiger partial charge in [0, 0.05) is 19.2 Å². The van der Waals surface area contributed by atoms with E-state index in [1.807, 2.05) is 48.0 Å². The highest BCUT2D eigenvalue weighted by Gasteiger charge is 2.18. The highest BCUT2D eigenvalue weighted by molar-refractivity contribution is 5.97. The second-order valence-electron chi connectivity index (χ2n) is 7.69. The summed E-state index contributed by atoms with van der Waals surface area (Å²) < 4.78 is 1.96. The first kappa shape index (κ1) is 18.7. The third-order valence-corrected chi connectivity index (χ3v) is 5.68. The molecule has 2 heterocycles. The molecule has 4 rings (SSSR count). The smallest absolute Gasteiger partial charge is 0.251 e. The number of piperidine rings is 1. The number of imidazole rings is 1. The van der Waals surface area contributed by atoms with Gasteiger partial charge in [-0.2, -0.15) is 0 Å². The summed E-state index contributed by atoms with van der Waals surface area (Å²) in [5.41, 5.74) is 3.69. The molecule has 0 radical (unpaired) electrons. The minimum Gasteiger partial charge on any atom is -0.345 e. The molecule has 1 aliphatic heterocycles. The summed E-state index contributed by atoms with van der Waals surface area (Å²) in [6.45, 7) is 3.36. The highest BCUT2D eigenvalue weighted by atomic mass is 16.1. The molecule has 1 aromatic heterocycles. The number of nitrogens with zero attached hydrogens (tertiary/aromatic N) is 3. The number of rotatable bonds is 6. The van der Waals surface area contributed by atoms with Crippen LogP contribution in [0.4, 0.5) is 0 Å². The van der Waals surface area contributed by atoms with Gasteiger partial charge in [-0.3, -0.25) is 4.79 Å². The van der Waals surface area contributed by atoms with Gasteiger partial charge in [0.1, 0.15) is 0 Å². The summed E-state index contributed by atoms with van der Waals surface area (Å²) in [6, 6.07) is 16.0. The number of likely N-dealkylation sites (tertiary alicyclic amines) is 1. The predicted octanol–water partition coefficient (Wildman–Crippen LogP) is 3.92. The van der Waals surface area contributed by atoms with Gasteiger partial charge in [0.15, 0.2) is 0 Å². The normalized spacial score (nSPS) is 16.2. The molecule has 0 bridgehead atoms. The summed E-state index contributed by atoms with van der Waals surface area (Å²) in [6.07, 6.45) is 6.60. The molecule has 1 N–H and O–H groups in total. The first-order chi connectivity index (χ1) is 13.7. The predicted molar refractivity (Wildman–Crippen MR) is 112 cm³/mol. The lowest BCUT2D eigenvalue weighted by molar-refractivity contribution is 0.0930. The molecule has 2 aromatic carbocycles. The number of hydrogen-bond donors (Lipinski definition) is 1. The summed E-state index contributed by atoms with van der Waals surface area (Å²) >= 11 is 0. The molecule has 1 fully saturated rings. The highest BCUT2D eigenvalue weighted by Crippen LogP contribution is 2.20. The minimum atomic E-state index is -0.0416.